The summed E-state index contributed by atoms with van der Waals surface area (Å²) in [6.07, 6.45) is 3.88. The number of aldehydes is 1. The second-order valence-electron chi connectivity index (χ2n) is 4.95. The van der Waals surface area contributed by atoms with E-state index in [4.69, 9.17) is 0 Å². The molecule has 0 aromatic rings. The fraction of sp³-hybridized carbons (Fsp3) is 0.900. The zero-order chi connectivity index (χ0) is 9.74. The maximum atomic E-state index is 12.9. The van der Waals surface area contributed by atoms with Gasteiger partial charge in [0.1, 0.15) is 6.29 Å². The van der Waals surface area contributed by atoms with E-state index in [0.29, 0.717) is 6.42 Å². The van der Waals surface area contributed by atoms with E-state index >= 15 is 0 Å². The molecule has 13 heavy (non-hydrogen) atoms. The van der Waals surface area contributed by atoms with Crippen molar-refractivity contribution in [1.29, 1.82) is 0 Å². The van der Waals surface area contributed by atoms with Crippen LogP contribution in [0, 0.1) is 10.8 Å². The monoisotopic (exact) mass is 188 g/mol. The summed E-state index contributed by atoms with van der Waals surface area (Å²) < 4.78 is 25.8. The summed E-state index contributed by atoms with van der Waals surface area (Å²) in [5.74, 6) is -2.52. The number of halogens is 2. The van der Waals surface area contributed by atoms with Crippen LogP contribution in [0.25, 0.3) is 0 Å². The number of carbonyl (C=O) groups is 1. The highest BCUT2D eigenvalue weighted by Crippen LogP contribution is 2.66. The van der Waals surface area contributed by atoms with Crippen molar-refractivity contribution in [3.05, 3.63) is 0 Å². The van der Waals surface area contributed by atoms with Crippen molar-refractivity contribution in [3.8, 4) is 0 Å². The highest BCUT2D eigenvalue weighted by molar-refractivity contribution is 5.61. The molecule has 3 heteroatoms. The average molecular weight is 188 g/mol. The van der Waals surface area contributed by atoms with Gasteiger partial charge in [-0.05, 0) is 19.3 Å². The largest absolute Gasteiger partial charge is 0.303 e. The van der Waals surface area contributed by atoms with Crippen LogP contribution in [0.5, 0.6) is 0 Å². The van der Waals surface area contributed by atoms with Gasteiger partial charge >= 0.3 is 0 Å². The Labute approximate surface area is 76.5 Å². The van der Waals surface area contributed by atoms with Gasteiger partial charge in [-0.2, -0.15) is 0 Å². The third-order valence-electron chi connectivity index (χ3n) is 3.71. The summed E-state index contributed by atoms with van der Waals surface area (Å²) in [5, 5.41) is 0. The second kappa shape index (κ2) is 2.31. The summed E-state index contributed by atoms with van der Waals surface area (Å²) in [6.45, 7) is 1.59. The molecule has 0 bridgehead atoms. The van der Waals surface area contributed by atoms with E-state index in [0.717, 1.165) is 25.5 Å². The molecule has 2 rings (SSSR count). The summed E-state index contributed by atoms with van der Waals surface area (Å²) in [6, 6.07) is 0. The SMILES string of the molecule is CC1(CC2(C=O)CCC2)CC1(F)F. The summed E-state index contributed by atoms with van der Waals surface area (Å²) in [4.78, 5) is 10.8. The minimum atomic E-state index is -2.52. The lowest BCUT2D eigenvalue weighted by molar-refractivity contribution is -0.122. The van der Waals surface area contributed by atoms with Crippen LogP contribution in [-0.4, -0.2) is 12.2 Å². The molecule has 0 aromatic heterocycles. The van der Waals surface area contributed by atoms with Crippen molar-refractivity contribution >= 4 is 6.29 Å². The van der Waals surface area contributed by atoms with E-state index in [1.54, 1.807) is 6.92 Å². The third kappa shape index (κ3) is 1.20. The number of hydrogen-bond acceptors (Lipinski definition) is 1. The zero-order valence-corrected chi connectivity index (χ0v) is 7.78. The van der Waals surface area contributed by atoms with Crippen molar-refractivity contribution < 1.29 is 13.6 Å². The molecule has 0 aromatic carbocycles. The zero-order valence-electron chi connectivity index (χ0n) is 7.78. The Kier molecular flexibility index (Phi) is 1.62. The molecular weight excluding hydrogens is 174 g/mol. The van der Waals surface area contributed by atoms with E-state index < -0.39 is 16.8 Å². The van der Waals surface area contributed by atoms with Crippen LogP contribution in [0.15, 0.2) is 0 Å². The van der Waals surface area contributed by atoms with Gasteiger partial charge < -0.3 is 4.79 Å². The van der Waals surface area contributed by atoms with Crippen LogP contribution in [-0.2, 0) is 4.79 Å². The fourth-order valence-electron chi connectivity index (χ4n) is 2.38. The summed E-state index contributed by atoms with van der Waals surface area (Å²) in [7, 11) is 0. The topological polar surface area (TPSA) is 17.1 Å². The predicted octanol–water partition coefficient (Wildman–Crippen LogP) is 2.79. The number of rotatable bonds is 3. The average Bonchev–Trinajstić information content (AvgIpc) is 2.43. The van der Waals surface area contributed by atoms with E-state index in [2.05, 4.69) is 0 Å². The lowest BCUT2D eigenvalue weighted by atomic mass is 9.64. The molecule has 0 radical (unpaired) electrons. The molecule has 2 aliphatic rings. The first-order valence-electron chi connectivity index (χ1n) is 4.77. The molecular formula is C10H14F2O. The molecule has 74 valence electrons. The van der Waals surface area contributed by atoms with Crippen LogP contribution in [0.2, 0.25) is 0 Å². The van der Waals surface area contributed by atoms with Crippen molar-refractivity contribution in [2.75, 3.05) is 0 Å². The number of alkyl halides is 2. The van der Waals surface area contributed by atoms with Crippen molar-refractivity contribution in [2.45, 2.75) is 45.0 Å². The normalized spacial score (nSPS) is 39.3. The van der Waals surface area contributed by atoms with Gasteiger partial charge in [-0.3, -0.25) is 0 Å². The van der Waals surface area contributed by atoms with Gasteiger partial charge in [-0.25, -0.2) is 8.78 Å². The molecule has 0 saturated heterocycles. The van der Waals surface area contributed by atoms with Crippen molar-refractivity contribution in [1.82, 2.24) is 0 Å². The Morgan fingerprint density at radius 2 is 1.92 bits per heavy atom. The molecule has 0 aliphatic heterocycles. The van der Waals surface area contributed by atoms with Gasteiger partial charge in [0.05, 0.1) is 0 Å². The lowest BCUT2D eigenvalue weighted by Gasteiger charge is -2.38. The first-order valence-corrected chi connectivity index (χ1v) is 4.77. The lowest BCUT2D eigenvalue weighted by Crippen LogP contribution is -2.34. The van der Waals surface area contributed by atoms with Crippen molar-refractivity contribution in [3.63, 3.8) is 0 Å². The maximum absolute atomic E-state index is 12.9. The molecule has 2 aliphatic carbocycles. The van der Waals surface area contributed by atoms with E-state index in [1.165, 1.54) is 0 Å². The van der Waals surface area contributed by atoms with Gasteiger partial charge in [0, 0.05) is 17.3 Å². The first kappa shape index (κ1) is 9.10. The Hall–Kier alpha value is -0.470. The smallest absolute Gasteiger partial charge is 0.254 e. The number of hydrogen-bond donors (Lipinski definition) is 0. The van der Waals surface area contributed by atoms with Gasteiger partial charge in [0.25, 0.3) is 5.92 Å². The van der Waals surface area contributed by atoms with E-state index in [9.17, 15) is 13.6 Å². The predicted molar refractivity (Wildman–Crippen MR) is 44.6 cm³/mol. The summed E-state index contributed by atoms with van der Waals surface area (Å²) in [5.41, 5.74) is -1.27. The quantitative estimate of drug-likeness (QED) is 0.622. The Morgan fingerprint density at radius 3 is 2.15 bits per heavy atom. The second-order valence-corrected chi connectivity index (χ2v) is 4.95. The van der Waals surface area contributed by atoms with Crippen molar-refractivity contribution in [2.24, 2.45) is 10.8 Å². The number of carbonyl (C=O) groups excluding carboxylic acids is 1. The molecule has 0 N–H and O–H groups in total. The molecule has 1 atom stereocenters. The summed E-state index contributed by atoms with van der Waals surface area (Å²) >= 11 is 0. The Morgan fingerprint density at radius 1 is 1.38 bits per heavy atom. The molecule has 0 amide bonds. The molecule has 2 fully saturated rings. The third-order valence-corrected chi connectivity index (χ3v) is 3.71. The molecule has 2 saturated carbocycles. The van der Waals surface area contributed by atoms with Crippen LogP contribution in [0.3, 0.4) is 0 Å². The van der Waals surface area contributed by atoms with Crippen LogP contribution >= 0.6 is 0 Å². The van der Waals surface area contributed by atoms with E-state index in [1.807, 2.05) is 0 Å². The molecule has 0 heterocycles. The highest BCUT2D eigenvalue weighted by Gasteiger charge is 2.69. The first-order chi connectivity index (χ1) is 5.93. The minimum Gasteiger partial charge on any atom is -0.303 e. The molecule has 1 nitrogen and oxygen atoms in total. The Bertz CT molecular complexity index is 245. The maximum Gasteiger partial charge on any atom is 0.254 e. The van der Waals surface area contributed by atoms with Crippen LogP contribution < -0.4 is 0 Å². The van der Waals surface area contributed by atoms with Gasteiger partial charge in [0.15, 0.2) is 0 Å². The Balaban J connectivity index is 2.02. The standard InChI is InChI=1S/C10H14F2O/c1-8(6-10(8,11)12)5-9(7-13)3-2-4-9/h7H,2-6H2,1H3. The van der Waals surface area contributed by atoms with Crippen LogP contribution in [0.4, 0.5) is 8.78 Å². The van der Waals surface area contributed by atoms with Gasteiger partial charge in [-0.1, -0.05) is 13.3 Å². The van der Waals surface area contributed by atoms with Gasteiger partial charge in [-0.15, -0.1) is 0 Å². The highest BCUT2D eigenvalue weighted by atomic mass is 19.3. The minimum absolute atomic E-state index is 0.0322. The molecule has 1 unspecified atom stereocenters. The van der Waals surface area contributed by atoms with Crippen LogP contribution in [0.1, 0.15) is 39.0 Å². The molecule has 0 spiro atoms. The van der Waals surface area contributed by atoms with E-state index in [-0.39, 0.29) is 6.42 Å². The fourth-order valence-corrected chi connectivity index (χ4v) is 2.38. The van der Waals surface area contributed by atoms with Gasteiger partial charge in [0.2, 0.25) is 0 Å².